The van der Waals surface area contributed by atoms with Gasteiger partial charge in [0.25, 0.3) is 5.69 Å². The van der Waals surface area contributed by atoms with E-state index in [9.17, 15) is 24.8 Å². The molecule has 0 saturated heterocycles. The standard InChI is InChI=1S/C18H17NO5/c20-17(11-8-13-4-2-1-3-5-13)16(18(21)22)12-14-6-9-15(10-7-14)19(23)24/h1-7,9-10,16H,8,11-12H2,(H,21,22). The molecule has 1 N–H and O–H groups in total. The topological polar surface area (TPSA) is 97.5 Å². The van der Waals surface area contributed by atoms with Gasteiger partial charge < -0.3 is 5.11 Å². The van der Waals surface area contributed by atoms with Crippen LogP contribution in [-0.4, -0.2) is 21.8 Å². The van der Waals surface area contributed by atoms with Crippen molar-refractivity contribution in [1.29, 1.82) is 0 Å². The molecule has 0 aliphatic carbocycles. The summed E-state index contributed by atoms with van der Waals surface area (Å²) in [7, 11) is 0. The van der Waals surface area contributed by atoms with Gasteiger partial charge in [-0.2, -0.15) is 0 Å². The predicted octanol–water partition coefficient (Wildman–Crippen LogP) is 3.04. The van der Waals surface area contributed by atoms with Crippen molar-refractivity contribution < 1.29 is 19.6 Å². The molecular weight excluding hydrogens is 310 g/mol. The van der Waals surface area contributed by atoms with E-state index in [-0.39, 0.29) is 24.3 Å². The van der Waals surface area contributed by atoms with Crippen LogP contribution in [0.15, 0.2) is 54.6 Å². The number of aryl methyl sites for hydroxylation is 1. The van der Waals surface area contributed by atoms with Crippen LogP contribution < -0.4 is 0 Å². The van der Waals surface area contributed by atoms with E-state index >= 15 is 0 Å². The van der Waals surface area contributed by atoms with Gasteiger partial charge >= 0.3 is 5.97 Å². The Hall–Kier alpha value is -3.02. The molecule has 0 radical (unpaired) electrons. The number of non-ortho nitro benzene ring substituents is 1. The van der Waals surface area contributed by atoms with Crippen molar-refractivity contribution in [3.8, 4) is 0 Å². The Morgan fingerprint density at radius 2 is 1.62 bits per heavy atom. The lowest BCUT2D eigenvalue weighted by Gasteiger charge is -2.11. The van der Waals surface area contributed by atoms with Gasteiger partial charge in [0.05, 0.1) is 4.92 Å². The molecule has 0 heterocycles. The molecule has 0 amide bonds. The molecule has 2 rings (SSSR count). The molecule has 6 heteroatoms. The van der Waals surface area contributed by atoms with Gasteiger partial charge in [-0.1, -0.05) is 42.5 Å². The van der Waals surface area contributed by atoms with E-state index in [0.29, 0.717) is 12.0 Å². The van der Waals surface area contributed by atoms with E-state index in [2.05, 4.69) is 0 Å². The Morgan fingerprint density at radius 3 is 2.17 bits per heavy atom. The van der Waals surface area contributed by atoms with Crippen LogP contribution in [0.2, 0.25) is 0 Å². The molecule has 0 aromatic heterocycles. The summed E-state index contributed by atoms with van der Waals surface area (Å²) < 4.78 is 0. The van der Waals surface area contributed by atoms with Crippen molar-refractivity contribution in [2.75, 3.05) is 0 Å². The van der Waals surface area contributed by atoms with E-state index in [1.807, 2.05) is 30.3 Å². The van der Waals surface area contributed by atoms with Gasteiger partial charge in [0.15, 0.2) is 0 Å². The number of carbonyl (C=O) groups is 2. The van der Waals surface area contributed by atoms with Gasteiger partial charge in [-0.3, -0.25) is 19.7 Å². The van der Waals surface area contributed by atoms with Crippen LogP contribution >= 0.6 is 0 Å². The lowest BCUT2D eigenvalue weighted by Crippen LogP contribution is -2.26. The molecule has 0 saturated carbocycles. The zero-order valence-electron chi connectivity index (χ0n) is 12.9. The highest BCUT2D eigenvalue weighted by Crippen LogP contribution is 2.17. The van der Waals surface area contributed by atoms with Crippen molar-refractivity contribution >= 4 is 17.4 Å². The van der Waals surface area contributed by atoms with Crippen molar-refractivity contribution in [2.45, 2.75) is 19.3 Å². The van der Waals surface area contributed by atoms with E-state index in [1.54, 1.807) is 0 Å². The molecule has 6 nitrogen and oxygen atoms in total. The number of aliphatic carboxylic acids is 1. The van der Waals surface area contributed by atoms with Crippen molar-refractivity contribution in [2.24, 2.45) is 5.92 Å². The first kappa shape index (κ1) is 17.3. The van der Waals surface area contributed by atoms with Crippen molar-refractivity contribution in [3.63, 3.8) is 0 Å². The van der Waals surface area contributed by atoms with Gasteiger partial charge in [-0.05, 0) is 24.0 Å². The number of benzene rings is 2. The first-order valence-electron chi connectivity index (χ1n) is 7.50. The summed E-state index contributed by atoms with van der Waals surface area (Å²) in [6.07, 6.45) is 0.665. The van der Waals surface area contributed by atoms with Crippen LogP contribution in [0.5, 0.6) is 0 Å². The maximum absolute atomic E-state index is 12.2. The first-order valence-corrected chi connectivity index (χ1v) is 7.50. The van der Waals surface area contributed by atoms with Crippen LogP contribution in [0.3, 0.4) is 0 Å². The average molecular weight is 327 g/mol. The third kappa shape index (κ3) is 4.74. The maximum Gasteiger partial charge on any atom is 0.314 e. The fourth-order valence-electron chi connectivity index (χ4n) is 2.41. The second-order valence-electron chi connectivity index (χ2n) is 5.47. The number of carboxylic acids is 1. The Labute approximate surface area is 138 Å². The quantitative estimate of drug-likeness (QED) is 0.456. The molecule has 0 bridgehead atoms. The summed E-state index contributed by atoms with van der Waals surface area (Å²) in [6, 6.07) is 15.0. The molecule has 0 aliphatic rings. The largest absolute Gasteiger partial charge is 0.481 e. The number of carbonyl (C=O) groups excluding carboxylic acids is 1. The van der Waals surface area contributed by atoms with Gasteiger partial charge in [0.2, 0.25) is 0 Å². The SMILES string of the molecule is O=C(O)C(Cc1ccc([N+](=O)[O-])cc1)C(=O)CCc1ccccc1. The minimum atomic E-state index is -1.17. The van der Waals surface area contributed by atoms with Crippen LogP contribution in [0.25, 0.3) is 0 Å². The minimum Gasteiger partial charge on any atom is -0.481 e. The van der Waals surface area contributed by atoms with Crippen molar-refractivity contribution in [3.05, 3.63) is 75.8 Å². The number of rotatable bonds is 8. The first-order chi connectivity index (χ1) is 11.5. The number of nitro benzene ring substituents is 1. The second-order valence-corrected chi connectivity index (χ2v) is 5.47. The summed E-state index contributed by atoms with van der Waals surface area (Å²) in [5, 5.41) is 19.9. The zero-order valence-corrected chi connectivity index (χ0v) is 12.9. The van der Waals surface area contributed by atoms with Gasteiger partial charge in [-0.25, -0.2) is 0 Å². The Bertz CT molecular complexity index is 725. The van der Waals surface area contributed by atoms with Crippen LogP contribution in [0.4, 0.5) is 5.69 Å². The molecule has 0 fully saturated rings. The molecule has 0 spiro atoms. The third-order valence-corrected chi connectivity index (χ3v) is 3.78. The molecule has 1 atom stereocenters. The normalized spacial score (nSPS) is 11.7. The highest BCUT2D eigenvalue weighted by atomic mass is 16.6. The smallest absolute Gasteiger partial charge is 0.314 e. The number of ketones is 1. The van der Waals surface area contributed by atoms with E-state index < -0.39 is 16.8 Å². The van der Waals surface area contributed by atoms with E-state index in [1.165, 1.54) is 24.3 Å². The Morgan fingerprint density at radius 1 is 1.00 bits per heavy atom. The molecule has 2 aromatic carbocycles. The number of carboxylic acid groups (broad SMARTS) is 1. The Balaban J connectivity index is 2.01. The number of hydrogen-bond donors (Lipinski definition) is 1. The molecular formula is C18H17NO5. The molecule has 1 unspecified atom stereocenters. The lowest BCUT2D eigenvalue weighted by atomic mass is 9.92. The fraction of sp³-hybridized carbons (Fsp3) is 0.222. The Kier molecular flexibility index (Phi) is 5.78. The van der Waals surface area contributed by atoms with Crippen molar-refractivity contribution in [1.82, 2.24) is 0 Å². The molecule has 0 aliphatic heterocycles. The summed E-state index contributed by atoms with van der Waals surface area (Å²) in [4.78, 5) is 33.8. The highest BCUT2D eigenvalue weighted by molar-refractivity contribution is 5.98. The number of hydrogen-bond acceptors (Lipinski definition) is 4. The zero-order chi connectivity index (χ0) is 17.5. The summed E-state index contributed by atoms with van der Waals surface area (Å²) >= 11 is 0. The number of nitrogens with zero attached hydrogens (tertiary/aromatic N) is 1. The summed E-state index contributed by atoms with van der Waals surface area (Å²) in [6.45, 7) is 0. The minimum absolute atomic E-state index is 0.0287. The third-order valence-electron chi connectivity index (χ3n) is 3.78. The number of Topliss-reactive ketones (excluding diaryl/α,β-unsaturated/α-hetero) is 1. The van der Waals surface area contributed by atoms with E-state index in [0.717, 1.165) is 5.56 Å². The van der Waals surface area contributed by atoms with Crippen LogP contribution in [-0.2, 0) is 22.4 Å². The number of nitro groups is 1. The highest BCUT2D eigenvalue weighted by Gasteiger charge is 2.26. The second kappa shape index (κ2) is 8.01. The van der Waals surface area contributed by atoms with Crippen LogP contribution in [0, 0.1) is 16.0 Å². The summed E-state index contributed by atoms with van der Waals surface area (Å²) in [5.74, 6) is -2.66. The van der Waals surface area contributed by atoms with Gasteiger partial charge in [0, 0.05) is 18.6 Å². The monoisotopic (exact) mass is 327 g/mol. The average Bonchev–Trinajstić information content (AvgIpc) is 2.58. The molecule has 124 valence electrons. The van der Waals surface area contributed by atoms with Gasteiger partial charge in [-0.15, -0.1) is 0 Å². The maximum atomic E-state index is 12.2. The van der Waals surface area contributed by atoms with Crippen LogP contribution in [0.1, 0.15) is 17.5 Å². The fourth-order valence-corrected chi connectivity index (χ4v) is 2.41. The molecule has 2 aromatic rings. The van der Waals surface area contributed by atoms with E-state index in [4.69, 9.17) is 0 Å². The lowest BCUT2D eigenvalue weighted by molar-refractivity contribution is -0.384. The van der Waals surface area contributed by atoms with Gasteiger partial charge in [0.1, 0.15) is 11.7 Å². The summed E-state index contributed by atoms with van der Waals surface area (Å²) in [5.41, 5.74) is 1.49. The predicted molar refractivity (Wildman–Crippen MR) is 87.7 cm³/mol. The molecule has 24 heavy (non-hydrogen) atoms.